The van der Waals surface area contributed by atoms with Crippen LogP contribution >= 0.6 is 11.3 Å². The van der Waals surface area contributed by atoms with Crippen LogP contribution in [0.1, 0.15) is 24.4 Å². The lowest BCUT2D eigenvalue weighted by Crippen LogP contribution is -2.17. The van der Waals surface area contributed by atoms with E-state index in [-0.39, 0.29) is 0 Å². The van der Waals surface area contributed by atoms with Gasteiger partial charge in [0.25, 0.3) is 0 Å². The summed E-state index contributed by atoms with van der Waals surface area (Å²) in [7, 11) is 2.19. The van der Waals surface area contributed by atoms with E-state index in [0.717, 1.165) is 5.52 Å². The molecule has 1 fully saturated rings. The number of rotatable bonds is 1. The second-order valence-electron chi connectivity index (χ2n) is 5.25. The summed E-state index contributed by atoms with van der Waals surface area (Å²) < 4.78 is 1.26. The third kappa shape index (κ3) is 3.46. The molecule has 4 heteroatoms. The van der Waals surface area contributed by atoms with Crippen molar-refractivity contribution in [3.63, 3.8) is 0 Å². The molecule has 108 valence electrons. The van der Waals surface area contributed by atoms with Crippen molar-refractivity contribution >= 4 is 21.6 Å². The Morgan fingerprint density at radius 2 is 2.10 bits per heavy atom. The summed E-state index contributed by atoms with van der Waals surface area (Å²) in [5.74, 6) is 0. The summed E-state index contributed by atoms with van der Waals surface area (Å²) in [4.78, 5) is 10.7. The number of likely N-dealkylation sites (tertiary alicyclic amines) is 1. The lowest BCUT2D eigenvalue weighted by Gasteiger charge is -2.18. The molecular formula is C17H19N3S. The highest BCUT2D eigenvalue weighted by Gasteiger charge is 2.21. The van der Waals surface area contributed by atoms with Gasteiger partial charge in [0.05, 0.1) is 15.7 Å². The highest BCUT2D eigenvalue weighted by atomic mass is 32.1. The van der Waals surface area contributed by atoms with Gasteiger partial charge < -0.3 is 0 Å². The average molecular weight is 297 g/mol. The number of nitrogens with zero attached hydrogens (tertiary/aromatic N) is 3. The Hall–Kier alpha value is -1.78. The van der Waals surface area contributed by atoms with Crippen LogP contribution in [0.4, 0.5) is 0 Å². The number of pyridine rings is 1. The van der Waals surface area contributed by atoms with E-state index in [2.05, 4.69) is 34.0 Å². The van der Waals surface area contributed by atoms with E-state index in [9.17, 15) is 0 Å². The normalized spacial score (nSPS) is 18.4. The fourth-order valence-corrected chi connectivity index (χ4v) is 3.39. The summed E-state index contributed by atoms with van der Waals surface area (Å²) in [6, 6.07) is 12.9. The Balaban J connectivity index is 0.000000131. The van der Waals surface area contributed by atoms with E-state index in [0.29, 0.717) is 6.04 Å². The zero-order valence-corrected chi connectivity index (χ0v) is 13.0. The number of benzene rings is 1. The number of para-hydroxylation sites is 1. The molecule has 0 saturated carbocycles. The van der Waals surface area contributed by atoms with Crippen LogP contribution in [-0.4, -0.2) is 28.5 Å². The molecular weight excluding hydrogens is 278 g/mol. The van der Waals surface area contributed by atoms with Crippen molar-refractivity contribution in [2.75, 3.05) is 13.6 Å². The summed E-state index contributed by atoms with van der Waals surface area (Å²) in [5, 5.41) is 0. The van der Waals surface area contributed by atoms with Gasteiger partial charge in [-0.1, -0.05) is 18.2 Å². The van der Waals surface area contributed by atoms with Gasteiger partial charge in [0.1, 0.15) is 0 Å². The molecule has 0 N–H and O–H groups in total. The molecule has 4 rings (SSSR count). The third-order valence-electron chi connectivity index (χ3n) is 3.83. The van der Waals surface area contributed by atoms with Crippen molar-refractivity contribution < 1.29 is 0 Å². The number of hydrogen-bond acceptors (Lipinski definition) is 4. The molecule has 1 atom stereocenters. The second-order valence-corrected chi connectivity index (χ2v) is 6.13. The van der Waals surface area contributed by atoms with Crippen molar-refractivity contribution in [1.82, 2.24) is 14.9 Å². The van der Waals surface area contributed by atoms with Gasteiger partial charge in [-0.3, -0.25) is 9.88 Å². The standard InChI is InChI=1S/C10H14N2.C7H5NS/c1-12-7-3-5-10(12)9-4-2-6-11-8-9;1-2-4-7-6(3-1)8-5-9-7/h2,4,6,8,10H,3,5,7H2,1H3;1-5H. The fraction of sp³-hybridized carbons (Fsp3) is 0.294. The first kappa shape index (κ1) is 14.2. The summed E-state index contributed by atoms with van der Waals surface area (Å²) in [6.45, 7) is 1.22. The molecule has 0 aliphatic carbocycles. The number of fused-ring (bicyclic) bond motifs is 1. The minimum Gasteiger partial charge on any atom is -0.299 e. The van der Waals surface area contributed by atoms with E-state index in [4.69, 9.17) is 0 Å². The van der Waals surface area contributed by atoms with Crippen LogP contribution < -0.4 is 0 Å². The van der Waals surface area contributed by atoms with Crippen molar-refractivity contribution in [1.29, 1.82) is 0 Å². The summed E-state index contributed by atoms with van der Waals surface area (Å²) in [5.41, 5.74) is 4.32. The molecule has 1 aromatic carbocycles. The average Bonchev–Trinajstić information content (AvgIpc) is 3.17. The predicted molar refractivity (Wildman–Crippen MR) is 88.5 cm³/mol. The van der Waals surface area contributed by atoms with Crippen LogP contribution in [0.5, 0.6) is 0 Å². The van der Waals surface area contributed by atoms with Gasteiger partial charge in [-0.25, -0.2) is 4.98 Å². The monoisotopic (exact) mass is 297 g/mol. The van der Waals surface area contributed by atoms with Crippen LogP contribution in [0.15, 0.2) is 54.3 Å². The quantitative estimate of drug-likeness (QED) is 0.676. The Bertz CT molecular complexity index is 650. The van der Waals surface area contributed by atoms with Gasteiger partial charge in [-0.15, -0.1) is 11.3 Å². The molecule has 21 heavy (non-hydrogen) atoms. The second kappa shape index (κ2) is 6.78. The zero-order valence-electron chi connectivity index (χ0n) is 12.1. The minimum absolute atomic E-state index is 0.610. The van der Waals surface area contributed by atoms with E-state index in [1.165, 1.54) is 29.6 Å². The molecule has 1 unspecified atom stereocenters. The van der Waals surface area contributed by atoms with Crippen LogP contribution in [0, 0.1) is 0 Å². The molecule has 1 saturated heterocycles. The molecule has 2 aromatic heterocycles. The molecule has 0 radical (unpaired) electrons. The minimum atomic E-state index is 0.610. The van der Waals surface area contributed by atoms with Gasteiger partial charge in [-0.05, 0) is 50.2 Å². The first-order valence-electron chi connectivity index (χ1n) is 7.23. The largest absolute Gasteiger partial charge is 0.299 e. The van der Waals surface area contributed by atoms with Crippen LogP contribution in [0.25, 0.3) is 10.2 Å². The highest BCUT2D eigenvalue weighted by molar-refractivity contribution is 7.16. The van der Waals surface area contributed by atoms with Gasteiger partial charge >= 0.3 is 0 Å². The van der Waals surface area contributed by atoms with Crippen molar-refractivity contribution in [2.45, 2.75) is 18.9 Å². The molecule has 0 bridgehead atoms. The summed E-state index contributed by atoms with van der Waals surface area (Å²) >= 11 is 1.68. The number of thiazole rings is 1. The first-order valence-corrected chi connectivity index (χ1v) is 8.11. The van der Waals surface area contributed by atoms with Crippen LogP contribution in [0.3, 0.4) is 0 Å². The molecule has 0 spiro atoms. The third-order valence-corrected chi connectivity index (χ3v) is 4.64. The highest BCUT2D eigenvalue weighted by Crippen LogP contribution is 2.29. The number of aromatic nitrogens is 2. The maximum absolute atomic E-state index is 4.14. The van der Waals surface area contributed by atoms with E-state index < -0.39 is 0 Å². The summed E-state index contributed by atoms with van der Waals surface area (Å²) in [6.07, 6.45) is 6.41. The van der Waals surface area contributed by atoms with Gasteiger partial charge in [-0.2, -0.15) is 0 Å². The molecule has 1 aliphatic heterocycles. The maximum atomic E-state index is 4.14. The molecule has 1 aliphatic rings. The fourth-order valence-electron chi connectivity index (χ4n) is 2.71. The van der Waals surface area contributed by atoms with Crippen molar-refractivity contribution in [3.05, 3.63) is 59.9 Å². The van der Waals surface area contributed by atoms with Gasteiger partial charge in [0.15, 0.2) is 0 Å². The van der Waals surface area contributed by atoms with E-state index in [1.807, 2.05) is 42.2 Å². The van der Waals surface area contributed by atoms with Crippen LogP contribution in [0.2, 0.25) is 0 Å². The van der Waals surface area contributed by atoms with E-state index in [1.54, 1.807) is 11.3 Å². The number of hydrogen-bond donors (Lipinski definition) is 0. The predicted octanol–water partition coefficient (Wildman–Crippen LogP) is 4.14. The van der Waals surface area contributed by atoms with Gasteiger partial charge in [0, 0.05) is 18.4 Å². The SMILES string of the molecule is CN1CCCC1c1cccnc1.c1ccc2scnc2c1. The smallest absolute Gasteiger partial charge is 0.0812 e. The Kier molecular flexibility index (Phi) is 4.58. The molecule has 3 nitrogen and oxygen atoms in total. The molecule has 3 aromatic rings. The Labute approximate surface area is 129 Å². The first-order chi connectivity index (χ1) is 10.3. The van der Waals surface area contributed by atoms with Gasteiger partial charge in [0.2, 0.25) is 0 Å². The molecule has 3 heterocycles. The lowest BCUT2D eigenvalue weighted by atomic mass is 10.1. The van der Waals surface area contributed by atoms with E-state index >= 15 is 0 Å². The van der Waals surface area contributed by atoms with Crippen molar-refractivity contribution in [2.24, 2.45) is 0 Å². The maximum Gasteiger partial charge on any atom is 0.0812 e. The van der Waals surface area contributed by atoms with Crippen molar-refractivity contribution in [3.8, 4) is 0 Å². The topological polar surface area (TPSA) is 29.0 Å². The zero-order chi connectivity index (χ0) is 14.5. The Morgan fingerprint density at radius 3 is 2.81 bits per heavy atom. The van der Waals surface area contributed by atoms with Crippen LogP contribution in [-0.2, 0) is 0 Å². The lowest BCUT2D eigenvalue weighted by molar-refractivity contribution is 0.317. The Morgan fingerprint density at radius 1 is 1.19 bits per heavy atom. The molecule has 0 amide bonds.